The van der Waals surface area contributed by atoms with Crippen molar-refractivity contribution in [2.24, 2.45) is 0 Å². The SMILES string of the molecule is CCc1ccccc1N1C(=O)C(=Cc2ccc(SCc3ccc(Cl)cc3)o2)SC1=S. The summed E-state index contributed by atoms with van der Waals surface area (Å²) in [5.74, 6) is 1.30. The second kappa shape index (κ2) is 9.43. The summed E-state index contributed by atoms with van der Waals surface area (Å²) in [5.41, 5.74) is 3.11. The van der Waals surface area contributed by atoms with Crippen LogP contribution in [0.1, 0.15) is 23.8 Å². The topological polar surface area (TPSA) is 33.5 Å². The normalized spacial score (nSPS) is 15.4. The first-order valence-corrected chi connectivity index (χ1v) is 12.0. The van der Waals surface area contributed by atoms with Crippen molar-refractivity contribution in [2.45, 2.75) is 24.2 Å². The summed E-state index contributed by atoms with van der Waals surface area (Å²) in [6, 6.07) is 19.4. The number of halogens is 1. The summed E-state index contributed by atoms with van der Waals surface area (Å²) in [7, 11) is 0. The molecule has 1 saturated heterocycles. The van der Waals surface area contributed by atoms with Crippen LogP contribution in [0.2, 0.25) is 5.02 Å². The van der Waals surface area contributed by atoms with E-state index >= 15 is 0 Å². The van der Waals surface area contributed by atoms with Gasteiger partial charge in [0.1, 0.15) is 5.76 Å². The van der Waals surface area contributed by atoms with Crippen molar-refractivity contribution in [2.75, 3.05) is 4.90 Å². The maximum Gasteiger partial charge on any atom is 0.270 e. The fourth-order valence-corrected chi connectivity index (χ4v) is 5.27. The fraction of sp³-hybridized carbons (Fsp3) is 0.130. The largest absolute Gasteiger partial charge is 0.450 e. The zero-order valence-corrected chi connectivity index (χ0v) is 19.3. The molecule has 2 aromatic carbocycles. The minimum absolute atomic E-state index is 0.113. The lowest BCUT2D eigenvalue weighted by atomic mass is 10.1. The Morgan fingerprint density at radius 1 is 1.13 bits per heavy atom. The molecule has 1 amide bonds. The Balaban J connectivity index is 1.48. The Morgan fingerprint density at radius 3 is 2.67 bits per heavy atom. The lowest BCUT2D eigenvalue weighted by molar-refractivity contribution is -0.113. The highest BCUT2D eigenvalue weighted by atomic mass is 35.5. The van der Waals surface area contributed by atoms with E-state index in [0.29, 0.717) is 15.0 Å². The molecule has 30 heavy (non-hydrogen) atoms. The van der Waals surface area contributed by atoms with Gasteiger partial charge in [-0.2, -0.15) is 0 Å². The van der Waals surface area contributed by atoms with Crippen molar-refractivity contribution < 1.29 is 9.21 Å². The number of aryl methyl sites for hydroxylation is 1. The van der Waals surface area contributed by atoms with Crippen LogP contribution in [0.3, 0.4) is 0 Å². The Labute approximate surface area is 194 Å². The molecular weight excluding hydrogens is 454 g/mol. The third-order valence-corrected chi connectivity index (χ3v) is 7.11. The number of amides is 1. The van der Waals surface area contributed by atoms with Crippen molar-refractivity contribution in [3.8, 4) is 0 Å². The van der Waals surface area contributed by atoms with E-state index in [0.717, 1.165) is 39.1 Å². The van der Waals surface area contributed by atoms with Crippen LogP contribution in [-0.2, 0) is 17.0 Å². The molecule has 2 heterocycles. The molecule has 0 atom stereocenters. The highest BCUT2D eigenvalue weighted by molar-refractivity contribution is 8.27. The first-order chi connectivity index (χ1) is 14.5. The zero-order chi connectivity index (χ0) is 21.1. The Kier molecular flexibility index (Phi) is 6.68. The molecule has 0 N–H and O–H groups in total. The number of benzene rings is 2. The van der Waals surface area contributed by atoms with Gasteiger partial charge in [0.15, 0.2) is 9.41 Å². The molecule has 0 radical (unpaired) electrons. The van der Waals surface area contributed by atoms with Crippen LogP contribution in [0.25, 0.3) is 6.08 Å². The van der Waals surface area contributed by atoms with Crippen LogP contribution in [0.4, 0.5) is 5.69 Å². The van der Waals surface area contributed by atoms with Gasteiger partial charge < -0.3 is 4.42 Å². The molecule has 1 aliphatic heterocycles. The number of anilines is 1. The first kappa shape index (κ1) is 21.2. The standard InChI is InChI=1S/C23H18ClNO2S3/c1-2-16-5-3-4-6-19(16)25-22(26)20(30-23(25)28)13-18-11-12-21(27-18)29-14-15-7-9-17(24)10-8-15/h3-13H,2,14H2,1H3. The number of carbonyl (C=O) groups is 1. The van der Waals surface area contributed by atoms with Crippen molar-refractivity contribution in [1.29, 1.82) is 0 Å². The molecule has 152 valence electrons. The molecule has 0 bridgehead atoms. The molecule has 7 heteroatoms. The van der Waals surface area contributed by atoms with Crippen molar-refractivity contribution in [3.63, 3.8) is 0 Å². The second-order valence-electron chi connectivity index (χ2n) is 6.57. The summed E-state index contributed by atoms with van der Waals surface area (Å²) in [6.45, 7) is 2.07. The number of furan rings is 1. The van der Waals surface area contributed by atoms with Crippen molar-refractivity contribution >= 4 is 69.3 Å². The summed E-state index contributed by atoms with van der Waals surface area (Å²) < 4.78 is 6.43. The Morgan fingerprint density at radius 2 is 1.90 bits per heavy atom. The predicted molar refractivity (Wildman–Crippen MR) is 131 cm³/mol. The van der Waals surface area contributed by atoms with Gasteiger partial charge in [-0.3, -0.25) is 9.69 Å². The molecule has 4 rings (SSSR count). The summed E-state index contributed by atoms with van der Waals surface area (Å²) in [6.07, 6.45) is 2.60. The van der Waals surface area contributed by atoms with E-state index in [1.807, 2.05) is 60.7 Å². The van der Waals surface area contributed by atoms with Crippen LogP contribution < -0.4 is 4.90 Å². The molecule has 3 aromatic rings. The second-order valence-corrected chi connectivity index (χ2v) is 9.66. The Hall–Kier alpha value is -1.99. The minimum atomic E-state index is -0.113. The molecule has 0 unspecified atom stereocenters. The maximum absolute atomic E-state index is 13.0. The number of nitrogens with zero attached hydrogens (tertiary/aromatic N) is 1. The van der Waals surface area contributed by atoms with Gasteiger partial charge in [0.25, 0.3) is 5.91 Å². The summed E-state index contributed by atoms with van der Waals surface area (Å²) in [4.78, 5) is 15.2. The molecule has 0 spiro atoms. The number of thioether (sulfide) groups is 2. The lowest BCUT2D eigenvalue weighted by Gasteiger charge is -2.17. The van der Waals surface area contributed by atoms with Gasteiger partial charge in [0, 0.05) is 16.9 Å². The Bertz CT molecular complexity index is 1120. The van der Waals surface area contributed by atoms with E-state index in [-0.39, 0.29) is 5.91 Å². The number of carbonyl (C=O) groups excluding carboxylic acids is 1. The van der Waals surface area contributed by atoms with E-state index in [2.05, 4.69) is 6.92 Å². The third kappa shape index (κ3) is 4.67. The van der Waals surface area contributed by atoms with Crippen LogP contribution in [0.5, 0.6) is 0 Å². The van der Waals surface area contributed by atoms with Crippen LogP contribution in [-0.4, -0.2) is 10.2 Å². The number of hydrogen-bond donors (Lipinski definition) is 0. The first-order valence-electron chi connectivity index (χ1n) is 9.38. The van der Waals surface area contributed by atoms with Gasteiger partial charge in [-0.05, 0) is 47.9 Å². The van der Waals surface area contributed by atoms with Gasteiger partial charge >= 0.3 is 0 Å². The molecular formula is C23H18ClNO2S3. The van der Waals surface area contributed by atoms with E-state index < -0.39 is 0 Å². The third-order valence-electron chi connectivity index (χ3n) is 4.58. The van der Waals surface area contributed by atoms with Gasteiger partial charge in [-0.15, -0.1) is 0 Å². The number of hydrogen-bond acceptors (Lipinski definition) is 5. The quantitative estimate of drug-likeness (QED) is 0.216. The predicted octanol–water partition coefficient (Wildman–Crippen LogP) is 7.19. The number of para-hydroxylation sites is 1. The van der Waals surface area contributed by atoms with Crippen LogP contribution in [0, 0.1) is 0 Å². The lowest BCUT2D eigenvalue weighted by Crippen LogP contribution is -2.28. The highest BCUT2D eigenvalue weighted by Crippen LogP contribution is 2.38. The molecule has 1 aromatic heterocycles. The average Bonchev–Trinajstić information content (AvgIpc) is 3.31. The van der Waals surface area contributed by atoms with E-state index in [1.165, 1.54) is 11.8 Å². The van der Waals surface area contributed by atoms with Crippen LogP contribution >= 0.6 is 47.3 Å². The summed E-state index contributed by atoms with van der Waals surface area (Å²) >= 11 is 14.3. The maximum atomic E-state index is 13.0. The molecule has 3 nitrogen and oxygen atoms in total. The highest BCUT2D eigenvalue weighted by Gasteiger charge is 2.34. The van der Waals surface area contributed by atoms with E-state index in [9.17, 15) is 4.79 Å². The number of rotatable bonds is 6. The van der Waals surface area contributed by atoms with E-state index in [1.54, 1.807) is 22.7 Å². The van der Waals surface area contributed by atoms with Gasteiger partial charge in [0.05, 0.1) is 10.6 Å². The molecule has 1 fully saturated rings. The minimum Gasteiger partial charge on any atom is -0.450 e. The number of thiocarbonyl (C=S) groups is 1. The van der Waals surface area contributed by atoms with Gasteiger partial charge in [0.2, 0.25) is 0 Å². The van der Waals surface area contributed by atoms with Gasteiger partial charge in [-0.25, -0.2) is 0 Å². The summed E-state index contributed by atoms with van der Waals surface area (Å²) in [5, 5.41) is 1.52. The van der Waals surface area contributed by atoms with E-state index in [4.69, 9.17) is 28.2 Å². The van der Waals surface area contributed by atoms with Crippen molar-refractivity contribution in [3.05, 3.63) is 87.5 Å². The average molecular weight is 472 g/mol. The smallest absolute Gasteiger partial charge is 0.270 e. The van der Waals surface area contributed by atoms with Gasteiger partial charge in [-0.1, -0.05) is 84.6 Å². The molecule has 0 aliphatic carbocycles. The zero-order valence-electron chi connectivity index (χ0n) is 16.1. The molecule has 1 aliphatic rings. The molecule has 0 saturated carbocycles. The monoisotopic (exact) mass is 471 g/mol. The fourth-order valence-electron chi connectivity index (χ4n) is 3.06. The van der Waals surface area contributed by atoms with Crippen LogP contribution in [0.15, 0.2) is 75.1 Å². The van der Waals surface area contributed by atoms with Crippen molar-refractivity contribution in [1.82, 2.24) is 0 Å².